The van der Waals surface area contributed by atoms with Crippen LogP contribution in [-0.4, -0.2) is 54.5 Å². The Labute approximate surface area is 169 Å². The van der Waals surface area contributed by atoms with Gasteiger partial charge in [-0.15, -0.1) is 0 Å². The fourth-order valence-corrected chi connectivity index (χ4v) is 3.99. The molecule has 1 fully saturated rings. The summed E-state index contributed by atoms with van der Waals surface area (Å²) in [5, 5.41) is 2.89. The molecule has 29 heavy (non-hydrogen) atoms. The van der Waals surface area contributed by atoms with Crippen molar-refractivity contribution in [3.63, 3.8) is 0 Å². The number of ether oxygens (including phenoxy) is 2. The molecule has 0 spiro atoms. The number of nitrogens with one attached hydrogen (secondary N) is 1. The molecule has 2 aliphatic heterocycles. The molecule has 3 N–H and O–H groups in total. The number of nitrogens with zero attached hydrogens (tertiary/aromatic N) is 2. The smallest absolute Gasteiger partial charge is 0.238 e. The summed E-state index contributed by atoms with van der Waals surface area (Å²) in [5.74, 6) is 0.720. The summed E-state index contributed by atoms with van der Waals surface area (Å²) in [7, 11) is 0. The van der Waals surface area contributed by atoms with Crippen LogP contribution in [-0.2, 0) is 15.0 Å². The van der Waals surface area contributed by atoms with E-state index < -0.39 is 11.3 Å². The molecule has 2 aromatic rings. The summed E-state index contributed by atoms with van der Waals surface area (Å²) in [4.78, 5) is 31.3. The molecule has 1 saturated heterocycles. The third-order valence-electron chi connectivity index (χ3n) is 5.39. The first kappa shape index (κ1) is 19.2. The van der Waals surface area contributed by atoms with Gasteiger partial charge in [0.15, 0.2) is 11.5 Å². The first-order valence-electron chi connectivity index (χ1n) is 9.70. The number of hydrogen-bond donors (Lipinski definition) is 2. The number of carbonyl (C=O) groups excluding carboxylic acids is 2. The van der Waals surface area contributed by atoms with Crippen LogP contribution >= 0.6 is 0 Å². The summed E-state index contributed by atoms with van der Waals surface area (Å²) in [6.45, 7) is 2.26. The van der Waals surface area contributed by atoms with Crippen LogP contribution in [0.1, 0.15) is 18.5 Å². The van der Waals surface area contributed by atoms with E-state index in [-0.39, 0.29) is 12.5 Å². The van der Waals surface area contributed by atoms with Crippen molar-refractivity contribution in [3.05, 3.63) is 48.3 Å². The molecule has 0 saturated carbocycles. The number of amides is 2. The van der Waals surface area contributed by atoms with E-state index in [0.29, 0.717) is 49.1 Å². The molecule has 152 valence electrons. The second-order valence-electron chi connectivity index (χ2n) is 7.38. The van der Waals surface area contributed by atoms with Crippen molar-refractivity contribution in [1.82, 2.24) is 9.88 Å². The zero-order valence-electron chi connectivity index (χ0n) is 16.1. The maximum Gasteiger partial charge on any atom is 0.238 e. The number of rotatable bonds is 5. The highest BCUT2D eigenvalue weighted by molar-refractivity contribution is 5.93. The van der Waals surface area contributed by atoms with Gasteiger partial charge in [-0.3, -0.25) is 19.5 Å². The molecule has 2 aliphatic rings. The van der Waals surface area contributed by atoms with Crippen LogP contribution in [0.25, 0.3) is 0 Å². The summed E-state index contributed by atoms with van der Waals surface area (Å²) in [5.41, 5.74) is 6.20. The fourth-order valence-electron chi connectivity index (χ4n) is 3.99. The summed E-state index contributed by atoms with van der Waals surface area (Å²) >= 11 is 0. The van der Waals surface area contributed by atoms with Gasteiger partial charge in [0, 0.05) is 24.5 Å². The van der Waals surface area contributed by atoms with Crippen LogP contribution in [0.5, 0.6) is 11.5 Å². The second kappa shape index (κ2) is 8.08. The molecular weight excluding hydrogens is 372 g/mol. The zero-order valence-corrected chi connectivity index (χ0v) is 16.1. The minimum atomic E-state index is -0.878. The van der Waals surface area contributed by atoms with Gasteiger partial charge in [0.1, 0.15) is 18.6 Å². The molecule has 0 unspecified atom stereocenters. The maximum atomic E-state index is 12.6. The van der Waals surface area contributed by atoms with Gasteiger partial charge in [-0.25, -0.2) is 0 Å². The van der Waals surface area contributed by atoms with Crippen LogP contribution in [0.15, 0.2) is 42.6 Å². The van der Waals surface area contributed by atoms with E-state index in [2.05, 4.69) is 10.3 Å². The number of aromatic nitrogens is 1. The Hall–Kier alpha value is -3.13. The second-order valence-corrected chi connectivity index (χ2v) is 7.38. The lowest BCUT2D eigenvalue weighted by atomic mass is 9.76. The predicted molar refractivity (Wildman–Crippen MR) is 107 cm³/mol. The molecule has 4 rings (SSSR count). The molecule has 1 atom stereocenters. The first-order valence-corrected chi connectivity index (χ1v) is 9.70. The van der Waals surface area contributed by atoms with Gasteiger partial charge < -0.3 is 20.5 Å². The van der Waals surface area contributed by atoms with E-state index in [1.807, 2.05) is 17.0 Å². The lowest BCUT2D eigenvalue weighted by Gasteiger charge is -2.40. The molecule has 0 radical (unpaired) electrons. The third-order valence-corrected chi connectivity index (χ3v) is 5.39. The fraction of sp³-hybridized carbons (Fsp3) is 0.381. The van der Waals surface area contributed by atoms with E-state index in [9.17, 15) is 9.59 Å². The number of likely N-dealkylation sites (tertiary alicyclic amines) is 1. The van der Waals surface area contributed by atoms with Crippen LogP contribution in [0.3, 0.4) is 0 Å². The highest BCUT2D eigenvalue weighted by Gasteiger charge is 2.43. The molecule has 1 aromatic carbocycles. The number of primary amides is 1. The van der Waals surface area contributed by atoms with Gasteiger partial charge in [0.05, 0.1) is 12.2 Å². The summed E-state index contributed by atoms with van der Waals surface area (Å²) in [6, 6.07) is 10.8. The van der Waals surface area contributed by atoms with E-state index in [4.69, 9.17) is 15.2 Å². The Morgan fingerprint density at radius 3 is 2.76 bits per heavy atom. The molecule has 8 heteroatoms. The molecule has 0 aliphatic carbocycles. The van der Waals surface area contributed by atoms with Gasteiger partial charge >= 0.3 is 0 Å². The average Bonchev–Trinajstić information content (AvgIpc) is 2.74. The number of fused-ring (bicyclic) bond motifs is 1. The van der Waals surface area contributed by atoms with Gasteiger partial charge in [-0.1, -0.05) is 6.07 Å². The van der Waals surface area contributed by atoms with E-state index in [1.165, 1.54) is 0 Å². The van der Waals surface area contributed by atoms with E-state index >= 15 is 0 Å². The number of benzene rings is 1. The number of carbonyl (C=O) groups is 2. The SMILES string of the molecule is NC(=O)[C@]1(c2ccccn2)CCCN(CC(=O)Nc2ccc3c(c2)OCCO3)C1. The number of piperidine rings is 1. The topological polar surface area (TPSA) is 107 Å². The molecule has 1 aromatic heterocycles. The zero-order chi connectivity index (χ0) is 20.3. The third kappa shape index (κ3) is 4.02. The highest BCUT2D eigenvalue weighted by atomic mass is 16.6. The first-order chi connectivity index (χ1) is 14.1. The van der Waals surface area contributed by atoms with Crippen LogP contribution in [0.2, 0.25) is 0 Å². The van der Waals surface area contributed by atoms with E-state index in [0.717, 1.165) is 13.0 Å². The number of anilines is 1. The maximum absolute atomic E-state index is 12.6. The predicted octanol–water partition coefficient (Wildman–Crippen LogP) is 1.31. The number of pyridine rings is 1. The normalized spacial score (nSPS) is 21.4. The number of nitrogens with two attached hydrogens (primary N) is 1. The van der Waals surface area contributed by atoms with Crippen LogP contribution in [0.4, 0.5) is 5.69 Å². The highest BCUT2D eigenvalue weighted by Crippen LogP contribution is 2.34. The van der Waals surface area contributed by atoms with Gasteiger partial charge in [0.25, 0.3) is 0 Å². The Morgan fingerprint density at radius 2 is 2.00 bits per heavy atom. The van der Waals surface area contributed by atoms with Gasteiger partial charge in [-0.05, 0) is 43.7 Å². The number of hydrogen-bond acceptors (Lipinski definition) is 6. The van der Waals surface area contributed by atoms with Crippen molar-refractivity contribution >= 4 is 17.5 Å². The minimum absolute atomic E-state index is 0.163. The lowest BCUT2D eigenvalue weighted by Crippen LogP contribution is -2.55. The Balaban J connectivity index is 1.44. The van der Waals surface area contributed by atoms with Crippen molar-refractivity contribution in [2.45, 2.75) is 18.3 Å². The molecular formula is C21H24N4O4. The quantitative estimate of drug-likeness (QED) is 0.789. The Morgan fingerprint density at radius 1 is 1.17 bits per heavy atom. The molecule has 8 nitrogen and oxygen atoms in total. The van der Waals surface area contributed by atoms with E-state index in [1.54, 1.807) is 30.5 Å². The Bertz CT molecular complexity index is 905. The van der Waals surface area contributed by atoms with Crippen molar-refractivity contribution in [2.24, 2.45) is 5.73 Å². The summed E-state index contributed by atoms with van der Waals surface area (Å²) < 4.78 is 11.0. The molecule has 2 amide bonds. The standard InChI is InChI=1S/C21H24N4O4/c22-20(27)21(18-4-1-2-8-23-18)7-3-9-25(14-21)13-19(26)24-15-5-6-16-17(12-15)29-11-10-28-16/h1-2,4-6,8,12H,3,7,9-11,13-14H2,(H2,22,27)(H,24,26)/t21-/m1/s1. The monoisotopic (exact) mass is 396 g/mol. The summed E-state index contributed by atoms with van der Waals surface area (Å²) in [6.07, 6.45) is 3.05. The van der Waals surface area contributed by atoms with Gasteiger partial charge in [0.2, 0.25) is 11.8 Å². The lowest BCUT2D eigenvalue weighted by molar-refractivity contribution is -0.127. The van der Waals surface area contributed by atoms with Crippen molar-refractivity contribution < 1.29 is 19.1 Å². The van der Waals surface area contributed by atoms with Crippen LogP contribution < -0.4 is 20.5 Å². The largest absolute Gasteiger partial charge is 0.486 e. The molecule has 3 heterocycles. The van der Waals surface area contributed by atoms with Crippen molar-refractivity contribution in [1.29, 1.82) is 0 Å². The van der Waals surface area contributed by atoms with Gasteiger partial charge in [-0.2, -0.15) is 0 Å². The van der Waals surface area contributed by atoms with Crippen LogP contribution in [0, 0.1) is 0 Å². The molecule has 0 bridgehead atoms. The van der Waals surface area contributed by atoms with Crippen molar-refractivity contribution in [2.75, 3.05) is 38.2 Å². The van der Waals surface area contributed by atoms with Crippen molar-refractivity contribution in [3.8, 4) is 11.5 Å². The Kier molecular flexibility index (Phi) is 5.35. The average molecular weight is 396 g/mol. The minimum Gasteiger partial charge on any atom is -0.486 e.